The minimum absolute atomic E-state index is 0.389. The van der Waals surface area contributed by atoms with E-state index in [1.54, 1.807) is 13.0 Å². The standard InChI is InChI=1S/C8H7IO4/c1-5-2-7(13-8(5)11)12-4-6(9)3-10/h2-4,7H,1H3/b6-4-/t7-/m1/s1. The molecule has 0 aliphatic carbocycles. The lowest BCUT2D eigenvalue weighted by molar-refractivity contribution is -0.152. The van der Waals surface area contributed by atoms with Crippen molar-refractivity contribution in [2.75, 3.05) is 0 Å². The van der Waals surface area contributed by atoms with Gasteiger partial charge in [-0.2, -0.15) is 0 Å². The highest BCUT2D eigenvalue weighted by Crippen LogP contribution is 2.15. The van der Waals surface area contributed by atoms with Crippen molar-refractivity contribution in [2.45, 2.75) is 13.2 Å². The second-order valence-corrected chi connectivity index (χ2v) is 3.63. The van der Waals surface area contributed by atoms with Gasteiger partial charge >= 0.3 is 5.97 Å². The van der Waals surface area contributed by atoms with E-state index in [2.05, 4.69) is 0 Å². The largest absolute Gasteiger partial charge is 0.457 e. The van der Waals surface area contributed by atoms with Crippen molar-refractivity contribution in [3.8, 4) is 0 Å². The first kappa shape index (κ1) is 10.2. The molecule has 1 aliphatic heterocycles. The summed E-state index contributed by atoms with van der Waals surface area (Å²) in [6, 6.07) is 0. The number of carbonyl (C=O) groups is 2. The van der Waals surface area contributed by atoms with Gasteiger partial charge in [0.2, 0.25) is 0 Å². The maximum absolute atomic E-state index is 10.8. The topological polar surface area (TPSA) is 52.6 Å². The SMILES string of the molecule is CC1=C[C@H](O/C=C(\I)C=O)OC1=O. The minimum Gasteiger partial charge on any atom is -0.457 e. The molecule has 0 spiro atoms. The zero-order valence-corrected chi connectivity index (χ0v) is 8.98. The number of hydrogen-bond donors (Lipinski definition) is 0. The lowest BCUT2D eigenvalue weighted by Crippen LogP contribution is -2.09. The first-order valence-corrected chi connectivity index (χ1v) is 4.57. The number of rotatable bonds is 3. The van der Waals surface area contributed by atoms with Gasteiger partial charge in [0.1, 0.15) is 6.26 Å². The minimum atomic E-state index is -0.697. The third-order valence-corrected chi connectivity index (χ3v) is 1.87. The number of carbonyl (C=O) groups excluding carboxylic acids is 2. The van der Waals surface area contributed by atoms with Crippen LogP contribution in [0.1, 0.15) is 6.92 Å². The number of allylic oxidation sites excluding steroid dienone is 1. The van der Waals surface area contributed by atoms with Crippen LogP contribution in [0.2, 0.25) is 0 Å². The van der Waals surface area contributed by atoms with Crippen LogP contribution < -0.4 is 0 Å². The summed E-state index contributed by atoms with van der Waals surface area (Å²) in [4.78, 5) is 21.0. The average Bonchev–Trinajstić information content (AvgIpc) is 2.42. The quantitative estimate of drug-likeness (QED) is 0.259. The van der Waals surface area contributed by atoms with Crippen LogP contribution in [-0.2, 0) is 19.1 Å². The molecule has 0 amide bonds. The van der Waals surface area contributed by atoms with Crippen molar-refractivity contribution in [1.29, 1.82) is 0 Å². The van der Waals surface area contributed by atoms with Gasteiger partial charge in [-0.1, -0.05) is 0 Å². The van der Waals surface area contributed by atoms with Crippen LogP contribution in [0.5, 0.6) is 0 Å². The van der Waals surface area contributed by atoms with Crippen LogP contribution in [0.25, 0.3) is 0 Å². The third kappa shape index (κ3) is 2.83. The molecule has 4 nitrogen and oxygen atoms in total. The summed E-state index contributed by atoms with van der Waals surface area (Å²) >= 11 is 1.81. The van der Waals surface area contributed by atoms with Crippen molar-refractivity contribution in [1.82, 2.24) is 0 Å². The second kappa shape index (κ2) is 4.40. The molecule has 5 heteroatoms. The highest BCUT2D eigenvalue weighted by molar-refractivity contribution is 14.1. The molecule has 1 heterocycles. The van der Waals surface area contributed by atoms with Gasteiger partial charge in [-0.05, 0) is 29.5 Å². The van der Waals surface area contributed by atoms with E-state index in [1.165, 1.54) is 6.26 Å². The van der Waals surface area contributed by atoms with E-state index >= 15 is 0 Å². The lowest BCUT2D eigenvalue weighted by Gasteiger charge is -2.06. The third-order valence-electron chi connectivity index (χ3n) is 1.36. The summed E-state index contributed by atoms with van der Waals surface area (Å²) < 4.78 is 10.1. The molecule has 1 rings (SSSR count). The molecule has 0 unspecified atom stereocenters. The predicted octanol–water partition coefficient (Wildman–Crippen LogP) is 1.31. The highest BCUT2D eigenvalue weighted by atomic mass is 127. The number of aldehydes is 1. The number of ether oxygens (including phenoxy) is 2. The fourth-order valence-corrected chi connectivity index (χ4v) is 0.878. The molecule has 1 aliphatic rings. The Hall–Kier alpha value is -0.850. The van der Waals surface area contributed by atoms with E-state index in [0.717, 1.165) is 0 Å². The molecular weight excluding hydrogens is 287 g/mol. The maximum atomic E-state index is 10.8. The molecule has 0 aromatic rings. The number of halogens is 1. The molecular formula is C8H7IO4. The van der Waals surface area contributed by atoms with Crippen molar-refractivity contribution in [3.05, 3.63) is 21.5 Å². The van der Waals surface area contributed by atoms with Gasteiger partial charge in [-0.3, -0.25) is 4.79 Å². The van der Waals surface area contributed by atoms with Gasteiger partial charge in [-0.15, -0.1) is 0 Å². The molecule has 0 aromatic heterocycles. The lowest BCUT2D eigenvalue weighted by atomic mass is 10.3. The van der Waals surface area contributed by atoms with E-state index in [9.17, 15) is 9.59 Å². The van der Waals surface area contributed by atoms with E-state index in [1.807, 2.05) is 22.6 Å². The summed E-state index contributed by atoms with van der Waals surface area (Å²) in [5, 5.41) is 0. The molecule has 0 saturated carbocycles. The van der Waals surface area contributed by atoms with Crippen LogP contribution in [-0.4, -0.2) is 18.5 Å². The first-order valence-electron chi connectivity index (χ1n) is 3.49. The Bertz CT molecular complexity index is 293. The van der Waals surface area contributed by atoms with E-state index in [0.29, 0.717) is 15.4 Å². The molecule has 1 atom stereocenters. The average molecular weight is 294 g/mol. The molecule has 70 valence electrons. The number of cyclic esters (lactones) is 1. The Labute approximate surface area is 88.7 Å². The molecule has 0 bridgehead atoms. The van der Waals surface area contributed by atoms with Gasteiger partial charge < -0.3 is 9.47 Å². The van der Waals surface area contributed by atoms with Gasteiger partial charge in [-0.25, -0.2) is 4.79 Å². The Balaban J connectivity index is 2.50. The van der Waals surface area contributed by atoms with Crippen LogP contribution in [0.15, 0.2) is 21.5 Å². The maximum Gasteiger partial charge on any atom is 0.336 e. The van der Waals surface area contributed by atoms with Crippen molar-refractivity contribution >= 4 is 34.8 Å². The zero-order chi connectivity index (χ0) is 9.84. The fourth-order valence-electron chi connectivity index (χ4n) is 0.732. The van der Waals surface area contributed by atoms with Gasteiger partial charge in [0.05, 0.1) is 3.58 Å². The summed E-state index contributed by atoms with van der Waals surface area (Å²) in [7, 11) is 0. The van der Waals surface area contributed by atoms with Crippen molar-refractivity contribution < 1.29 is 19.1 Å². The van der Waals surface area contributed by atoms with Crippen molar-refractivity contribution in [3.63, 3.8) is 0 Å². The normalized spacial score (nSPS) is 22.3. The Kier molecular flexibility index (Phi) is 3.47. The summed E-state index contributed by atoms with van der Waals surface area (Å²) in [6.07, 6.45) is 2.75. The second-order valence-electron chi connectivity index (χ2n) is 2.38. The smallest absolute Gasteiger partial charge is 0.336 e. The highest BCUT2D eigenvalue weighted by Gasteiger charge is 2.22. The fraction of sp³-hybridized carbons (Fsp3) is 0.250. The monoisotopic (exact) mass is 294 g/mol. The van der Waals surface area contributed by atoms with Gasteiger partial charge in [0, 0.05) is 11.6 Å². The molecule has 0 fully saturated rings. The summed E-state index contributed by atoms with van der Waals surface area (Å²) in [5.41, 5.74) is 0.513. The number of hydrogen-bond acceptors (Lipinski definition) is 4. The van der Waals surface area contributed by atoms with E-state index in [4.69, 9.17) is 9.47 Å². The van der Waals surface area contributed by atoms with Gasteiger partial charge in [0.25, 0.3) is 6.29 Å². The molecule has 0 N–H and O–H groups in total. The van der Waals surface area contributed by atoms with Crippen LogP contribution >= 0.6 is 22.6 Å². The van der Waals surface area contributed by atoms with Gasteiger partial charge in [0.15, 0.2) is 6.29 Å². The van der Waals surface area contributed by atoms with Crippen LogP contribution in [0, 0.1) is 0 Å². The zero-order valence-electron chi connectivity index (χ0n) is 6.82. The van der Waals surface area contributed by atoms with E-state index in [-0.39, 0.29) is 5.97 Å². The predicted molar refractivity (Wildman–Crippen MR) is 52.9 cm³/mol. The number of esters is 1. The van der Waals surface area contributed by atoms with E-state index < -0.39 is 6.29 Å². The van der Waals surface area contributed by atoms with Crippen molar-refractivity contribution in [2.24, 2.45) is 0 Å². The first-order chi connectivity index (χ1) is 6.13. The Morgan fingerprint density at radius 2 is 2.46 bits per heavy atom. The van der Waals surface area contributed by atoms with Crippen LogP contribution in [0.3, 0.4) is 0 Å². The summed E-state index contributed by atoms with van der Waals surface area (Å²) in [5.74, 6) is -0.389. The molecule has 0 aromatic carbocycles. The molecule has 0 saturated heterocycles. The Morgan fingerprint density at radius 1 is 1.77 bits per heavy atom. The molecule has 0 radical (unpaired) electrons. The Morgan fingerprint density at radius 3 is 2.92 bits per heavy atom. The van der Waals surface area contributed by atoms with Crippen LogP contribution in [0.4, 0.5) is 0 Å². The molecule has 13 heavy (non-hydrogen) atoms. The summed E-state index contributed by atoms with van der Waals surface area (Å²) in [6.45, 7) is 1.64.